The minimum Gasteiger partial charge on any atom is -0.497 e. The van der Waals surface area contributed by atoms with E-state index < -0.39 is 0 Å². The summed E-state index contributed by atoms with van der Waals surface area (Å²) in [5, 5.41) is 0.296. The predicted molar refractivity (Wildman–Crippen MR) is 75.5 cm³/mol. The van der Waals surface area contributed by atoms with Gasteiger partial charge in [-0.3, -0.25) is 0 Å². The van der Waals surface area contributed by atoms with Crippen molar-refractivity contribution in [3.05, 3.63) is 38.6 Å². The van der Waals surface area contributed by atoms with Gasteiger partial charge in [0.15, 0.2) is 5.15 Å². The molecule has 0 unspecified atom stereocenters. The number of aromatic nitrogens is 2. The molecule has 7 heteroatoms. The molecule has 0 aliphatic heterocycles. The van der Waals surface area contributed by atoms with Crippen LogP contribution in [0.3, 0.4) is 0 Å². The predicted octanol–water partition coefficient (Wildman–Crippen LogP) is 4.46. The van der Waals surface area contributed by atoms with E-state index in [1.807, 2.05) is 0 Å². The molecule has 1 aromatic heterocycles. The molecule has 0 amide bonds. The van der Waals surface area contributed by atoms with Crippen LogP contribution in [0.2, 0.25) is 5.15 Å². The Morgan fingerprint density at radius 1 is 1.22 bits per heavy atom. The van der Waals surface area contributed by atoms with Crippen LogP contribution in [0.25, 0.3) is 0 Å². The van der Waals surface area contributed by atoms with Crippen LogP contribution in [-0.2, 0) is 0 Å². The molecule has 0 bridgehead atoms. The Labute approximate surface area is 126 Å². The Morgan fingerprint density at radius 3 is 2.67 bits per heavy atom. The molecule has 2 rings (SSSR count). The van der Waals surface area contributed by atoms with Crippen LogP contribution in [0.4, 0.5) is 0 Å². The van der Waals surface area contributed by atoms with Crippen LogP contribution in [0.1, 0.15) is 0 Å². The van der Waals surface area contributed by atoms with Crippen molar-refractivity contribution in [3.8, 4) is 17.4 Å². The second-order valence-electron chi connectivity index (χ2n) is 3.18. The normalized spacial score (nSPS) is 10.2. The Kier molecular flexibility index (Phi) is 4.42. The minimum atomic E-state index is 0.296. The highest BCUT2D eigenvalue weighted by molar-refractivity contribution is 9.11. The highest BCUT2D eigenvalue weighted by Crippen LogP contribution is 2.36. The lowest BCUT2D eigenvalue weighted by molar-refractivity contribution is 0.411. The fraction of sp³-hybridized carbons (Fsp3) is 0.0909. The number of halogens is 3. The van der Waals surface area contributed by atoms with E-state index in [1.54, 1.807) is 25.3 Å². The fourth-order valence-electron chi connectivity index (χ4n) is 1.20. The lowest BCUT2D eigenvalue weighted by Crippen LogP contribution is -1.92. The molecule has 2 aromatic rings. The lowest BCUT2D eigenvalue weighted by Gasteiger charge is -2.09. The van der Waals surface area contributed by atoms with Crippen molar-refractivity contribution in [2.75, 3.05) is 7.11 Å². The van der Waals surface area contributed by atoms with Gasteiger partial charge in [0, 0.05) is 0 Å². The first-order valence-electron chi connectivity index (χ1n) is 4.79. The average molecular weight is 394 g/mol. The quantitative estimate of drug-likeness (QED) is 0.721. The Bertz CT molecular complexity index is 581. The number of hydrogen-bond acceptors (Lipinski definition) is 4. The van der Waals surface area contributed by atoms with Crippen molar-refractivity contribution in [2.24, 2.45) is 0 Å². The first-order chi connectivity index (χ1) is 8.61. The molecule has 1 aromatic carbocycles. The Hall–Kier alpha value is -0.850. The average Bonchev–Trinajstić information content (AvgIpc) is 2.37. The lowest BCUT2D eigenvalue weighted by atomic mass is 10.3. The van der Waals surface area contributed by atoms with Gasteiger partial charge in [0.25, 0.3) is 0 Å². The maximum atomic E-state index is 5.86. The number of nitrogens with zero attached hydrogens (tertiary/aromatic N) is 2. The van der Waals surface area contributed by atoms with Crippen molar-refractivity contribution in [3.63, 3.8) is 0 Å². The molecule has 94 valence electrons. The van der Waals surface area contributed by atoms with Crippen LogP contribution in [0.5, 0.6) is 17.4 Å². The summed E-state index contributed by atoms with van der Waals surface area (Å²) < 4.78 is 12.0. The molecular weight excluding hydrogens is 387 g/mol. The van der Waals surface area contributed by atoms with E-state index >= 15 is 0 Å². The summed E-state index contributed by atoms with van der Waals surface area (Å²) in [7, 11) is 1.60. The third-order valence-corrected chi connectivity index (χ3v) is 3.91. The van der Waals surface area contributed by atoms with E-state index in [0.717, 1.165) is 10.2 Å². The van der Waals surface area contributed by atoms with Crippen LogP contribution in [-0.4, -0.2) is 17.1 Å². The number of benzene rings is 1. The molecule has 0 spiro atoms. The molecule has 0 saturated carbocycles. The van der Waals surface area contributed by atoms with Gasteiger partial charge < -0.3 is 9.47 Å². The molecule has 0 saturated heterocycles. The molecule has 0 aliphatic rings. The van der Waals surface area contributed by atoms with Crippen molar-refractivity contribution in [1.29, 1.82) is 0 Å². The summed E-state index contributed by atoms with van der Waals surface area (Å²) in [6.07, 6.45) is 1.33. The first kappa shape index (κ1) is 13.6. The molecule has 0 aliphatic carbocycles. The summed E-state index contributed by atoms with van der Waals surface area (Å²) in [6, 6.07) is 5.36. The maximum Gasteiger partial charge on any atom is 0.238 e. The van der Waals surface area contributed by atoms with Gasteiger partial charge in [0.2, 0.25) is 5.88 Å². The fourth-order valence-corrected chi connectivity index (χ4v) is 2.05. The molecular formula is C11H7Br2ClN2O2. The smallest absolute Gasteiger partial charge is 0.238 e. The van der Waals surface area contributed by atoms with Gasteiger partial charge in [0.1, 0.15) is 22.3 Å². The zero-order valence-electron chi connectivity index (χ0n) is 9.15. The number of rotatable bonds is 3. The molecule has 18 heavy (non-hydrogen) atoms. The number of hydrogen-bond donors (Lipinski definition) is 0. The minimum absolute atomic E-state index is 0.296. The van der Waals surface area contributed by atoms with Crippen molar-refractivity contribution < 1.29 is 9.47 Å². The Morgan fingerprint density at radius 2 is 2.00 bits per heavy atom. The summed E-state index contributed by atoms with van der Waals surface area (Å²) in [6.45, 7) is 0. The molecule has 4 nitrogen and oxygen atoms in total. The van der Waals surface area contributed by atoms with Crippen molar-refractivity contribution in [1.82, 2.24) is 9.97 Å². The maximum absolute atomic E-state index is 5.86. The highest BCUT2D eigenvalue weighted by Gasteiger charge is 2.11. The second-order valence-corrected chi connectivity index (χ2v) is 5.19. The van der Waals surface area contributed by atoms with Gasteiger partial charge in [-0.05, 0) is 50.1 Å². The molecule has 0 atom stereocenters. The van der Waals surface area contributed by atoms with E-state index in [-0.39, 0.29) is 0 Å². The van der Waals surface area contributed by atoms with Crippen LogP contribution < -0.4 is 9.47 Å². The van der Waals surface area contributed by atoms with E-state index in [9.17, 15) is 0 Å². The largest absolute Gasteiger partial charge is 0.497 e. The van der Waals surface area contributed by atoms with Gasteiger partial charge in [-0.15, -0.1) is 0 Å². The van der Waals surface area contributed by atoms with Gasteiger partial charge in [0.05, 0.1) is 11.6 Å². The second kappa shape index (κ2) is 5.86. The third-order valence-electron chi connectivity index (χ3n) is 2.06. The summed E-state index contributed by atoms with van der Waals surface area (Å²) in [4.78, 5) is 7.83. The number of ether oxygens (including phenoxy) is 2. The summed E-state index contributed by atoms with van der Waals surface area (Å²) in [5.74, 6) is 1.68. The van der Waals surface area contributed by atoms with Gasteiger partial charge in [-0.2, -0.15) is 0 Å². The van der Waals surface area contributed by atoms with Crippen LogP contribution in [0, 0.1) is 0 Å². The topological polar surface area (TPSA) is 44.2 Å². The standard InChI is InChI=1S/C11H7Br2ClN2O2/c1-17-6-2-3-8(7(12)4-6)18-11-9(13)10(14)15-5-16-11/h2-5H,1H3. The third kappa shape index (κ3) is 2.93. The molecule has 0 fully saturated rings. The van der Waals surface area contributed by atoms with Crippen LogP contribution in [0.15, 0.2) is 33.5 Å². The van der Waals surface area contributed by atoms with E-state index in [4.69, 9.17) is 21.1 Å². The SMILES string of the molecule is COc1ccc(Oc2ncnc(Cl)c2Br)c(Br)c1. The highest BCUT2D eigenvalue weighted by atomic mass is 79.9. The van der Waals surface area contributed by atoms with Crippen LogP contribution >= 0.6 is 43.5 Å². The molecule has 0 N–H and O–H groups in total. The molecule has 1 heterocycles. The Balaban J connectivity index is 2.31. The first-order valence-corrected chi connectivity index (χ1v) is 6.75. The van der Waals surface area contributed by atoms with Crippen molar-refractivity contribution in [2.45, 2.75) is 0 Å². The zero-order chi connectivity index (χ0) is 13.1. The van der Waals surface area contributed by atoms with Crippen molar-refractivity contribution >= 4 is 43.5 Å². The summed E-state index contributed by atoms with van der Waals surface area (Å²) >= 11 is 12.5. The van der Waals surface area contributed by atoms with E-state index in [1.165, 1.54) is 6.33 Å². The molecule has 0 radical (unpaired) electrons. The van der Waals surface area contributed by atoms with Gasteiger partial charge in [-0.1, -0.05) is 11.6 Å². The zero-order valence-corrected chi connectivity index (χ0v) is 13.1. The summed E-state index contributed by atoms with van der Waals surface area (Å²) in [5.41, 5.74) is 0. The van der Waals surface area contributed by atoms with Gasteiger partial charge >= 0.3 is 0 Å². The van der Waals surface area contributed by atoms with E-state index in [2.05, 4.69) is 41.8 Å². The van der Waals surface area contributed by atoms with Gasteiger partial charge in [-0.25, -0.2) is 9.97 Å². The van der Waals surface area contributed by atoms with E-state index in [0.29, 0.717) is 21.3 Å². The monoisotopic (exact) mass is 392 g/mol. The number of methoxy groups -OCH3 is 1.